The molecule has 4 heteroatoms. The Morgan fingerprint density at radius 1 is 1.17 bits per heavy atom. The van der Waals surface area contributed by atoms with E-state index in [0.717, 1.165) is 15.8 Å². The Morgan fingerprint density at radius 3 is 2.67 bits per heavy atom. The van der Waals surface area contributed by atoms with Crippen LogP contribution in [-0.2, 0) is 5.41 Å². The molecule has 0 aliphatic carbocycles. The molecule has 1 spiro atoms. The minimum absolute atomic E-state index is 0.198. The number of nitrogens with zero attached hydrogens (tertiary/aromatic N) is 1. The molecule has 0 fully saturated rings. The van der Waals surface area contributed by atoms with E-state index < -0.39 is 5.72 Å². The lowest BCUT2D eigenvalue weighted by Crippen LogP contribution is -2.58. The van der Waals surface area contributed by atoms with Gasteiger partial charge in [-0.15, -0.1) is 0 Å². The van der Waals surface area contributed by atoms with Crippen LogP contribution in [0.2, 0.25) is 5.02 Å². The van der Waals surface area contributed by atoms with Crippen LogP contribution >= 0.6 is 27.5 Å². The highest BCUT2D eigenvalue weighted by Crippen LogP contribution is 2.55. The van der Waals surface area contributed by atoms with E-state index >= 15 is 0 Å². The molecule has 2 nitrogen and oxygen atoms in total. The lowest BCUT2D eigenvalue weighted by atomic mass is 9.76. The van der Waals surface area contributed by atoms with Crippen LogP contribution in [0, 0.1) is 6.92 Å². The number of aryl methyl sites for hydroxylation is 1. The Hall–Kier alpha value is -1.45. The molecular weight excluding hydrogens is 386 g/mol. The van der Waals surface area contributed by atoms with Gasteiger partial charge in [0, 0.05) is 23.3 Å². The maximum Gasteiger partial charge on any atom is 0.211 e. The molecule has 2 aromatic carbocycles. The first kappa shape index (κ1) is 16.0. The van der Waals surface area contributed by atoms with Crippen molar-refractivity contribution in [1.29, 1.82) is 0 Å². The Morgan fingerprint density at radius 2 is 1.92 bits per heavy atom. The second-order valence-corrected chi connectivity index (χ2v) is 8.43. The average molecular weight is 405 g/mol. The van der Waals surface area contributed by atoms with Gasteiger partial charge >= 0.3 is 0 Å². The Labute approximate surface area is 156 Å². The predicted octanol–water partition coefficient (Wildman–Crippen LogP) is 5.94. The first-order chi connectivity index (χ1) is 11.3. The average Bonchev–Trinajstić information content (AvgIpc) is 2.67. The first-order valence-electron chi connectivity index (χ1n) is 7.98. The van der Waals surface area contributed by atoms with E-state index in [-0.39, 0.29) is 5.41 Å². The minimum atomic E-state index is -0.563. The fraction of sp³-hybridized carbons (Fsp3) is 0.300. The van der Waals surface area contributed by atoms with E-state index in [4.69, 9.17) is 16.3 Å². The summed E-state index contributed by atoms with van der Waals surface area (Å²) in [7, 11) is 2.10. The van der Waals surface area contributed by atoms with Crippen LogP contribution < -0.4 is 9.64 Å². The molecule has 1 atom stereocenters. The number of anilines is 1. The largest absolute Gasteiger partial charge is 0.462 e. The van der Waals surface area contributed by atoms with Crippen LogP contribution in [0.3, 0.4) is 0 Å². The number of ether oxygens (including phenoxy) is 1. The van der Waals surface area contributed by atoms with Gasteiger partial charge in [0.2, 0.25) is 5.72 Å². The van der Waals surface area contributed by atoms with Gasteiger partial charge in [-0.05, 0) is 72.6 Å². The summed E-state index contributed by atoms with van der Waals surface area (Å²) in [6.07, 6.45) is 4.28. The van der Waals surface area contributed by atoms with Gasteiger partial charge in [-0.3, -0.25) is 0 Å². The molecule has 0 saturated heterocycles. The van der Waals surface area contributed by atoms with Gasteiger partial charge in [0.1, 0.15) is 5.75 Å². The molecule has 4 rings (SSSR count). The van der Waals surface area contributed by atoms with Crippen molar-refractivity contribution in [3.05, 3.63) is 62.6 Å². The second-order valence-electron chi connectivity index (χ2n) is 7.14. The molecule has 0 N–H and O–H groups in total. The van der Waals surface area contributed by atoms with E-state index in [1.54, 1.807) is 0 Å². The zero-order chi connectivity index (χ0) is 17.3. The molecule has 24 heavy (non-hydrogen) atoms. The molecule has 2 heterocycles. The van der Waals surface area contributed by atoms with Gasteiger partial charge in [0.15, 0.2) is 0 Å². The normalized spacial score (nSPS) is 23.2. The highest BCUT2D eigenvalue weighted by molar-refractivity contribution is 9.10. The first-order valence-corrected chi connectivity index (χ1v) is 9.16. The van der Waals surface area contributed by atoms with E-state index in [1.165, 1.54) is 16.8 Å². The number of benzene rings is 2. The summed E-state index contributed by atoms with van der Waals surface area (Å²) in [5, 5.41) is 0.697. The summed E-state index contributed by atoms with van der Waals surface area (Å²) in [5.74, 6) is 0.839. The van der Waals surface area contributed by atoms with Gasteiger partial charge < -0.3 is 9.64 Å². The summed E-state index contributed by atoms with van der Waals surface area (Å²) < 4.78 is 7.53. The van der Waals surface area contributed by atoms with Crippen molar-refractivity contribution >= 4 is 39.3 Å². The van der Waals surface area contributed by atoms with Gasteiger partial charge in [-0.1, -0.05) is 29.3 Å². The van der Waals surface area contributed by atoms with Crippen LogP contribution in [0.1, 0.15) is 30.5 Å². The van der Waals surface area contributed by atoms with Crippen molar-refractivity contribution in [2.75, 3.05) is 11.9 Å². The quantitative estimate of drug-likeness (QED) is 0.539. The molecule has 2 aliphatic rings. The van der Waals surface area contributed by atoms with E-state index in [9.17, 15) is 0 Å². The third-order valence-corrected chi connectivity index (χ3v) is 6.17. The van der Waals surface area contributed by atoms with Crippen LogP contribution in [0.25, 0.3) is 6.08 Å². The number of hydrogen-bond acceptors (Lipinski definition) is 2. The SMILES string of the molecule is Cc1ccc2c(c1)C(C)(C)[C@@]1(C=Cc3cc(Cl)cc(Br)c3O1)N2C. The van der Waals surface area contributed by atoms with Crippen molar-refractivity contribution in [2.45, 2.75) is 31.9 Å². The van der Waals surface area contributed by atoms with Crippen LogP contribution in [0.5, 0.6) is 5.75 Å². The predicted molar refractivity (Wildman–Crippen MR) is 104 cm³/mol. The van der Waals surface area contributed by atoms with Crippen molar-refractivity contribution in [3.8, 4) is 5.75 Å². The summed E-state index contributed by atoms with van der Waals surface area (Å²) in [4.78, 5) is 2.24. The second kappa shape index (κ2) is 5.03. The Bertz CT molecular complexity index is 889. The van der Waals surface area contributed by atoms with Gasteiger partial charge in [-0.25, -0.2) is 0 Å². The molecule has 2 aliphatic heterocycles. The zero-order valence-electron chi connectivity index (χ0n) is 14.2. The van der Waals surface area contributed by atoms with Crippen LogP contribution in [0.4, 0.5) is 5.69 Å². The molecule has 0 amide bonds. The van der Waals surface area contributed by atoms with E-state index in [1.807, 2.05) is 12.1 Å². The van der Waals surface area contributed by atoms with Crippen molar-refractivity contribution in [2.24, 2.45) is 0 Å². The van der Waals surface area contributed by atoms with Crippen molar-refractivity contribution < 1.29 is 4.74 Å². The Kier molecular flexibility index (Phi) is 3.36. The fourth-order valence-corrected chi connectivity index (χ4v) is 4.87. The standard InChI is InChI=1S/C20H19BrClNO/c1-12-5-6-17-15(9-12)19(2,3)20(23(17)4)8-7-13-10-14(22)11-16(21)18(13)24-20/h5-11H,1-4H3/t20-/m0/s1. The number of rotatable bonds is 0. The third-order valence-electron chi connectivity index (χ3n) is 5.36. The minimum Gasteiger partial charge on any atom is -0.462 e. The fourth-order valence-electron chi connectivity index (χ4n) is 3.95. The van der Waals surface area contributed by atoms with Crippen LogP contribution in [-0.4, -0.2) is 12.8 Å². The van der Waals surface area contributed by atoms with Crippen molar-refractivity contribution in [1.82, 2.24) is 0 Å². The van der Waals surface area contributed by atoms with Gasteiger partial charge in [0.05, 0.1) is 9.89 Å². The lowest BCUT2D eigenvalue weighted by molar-refractivity contribution is 0.0573. The monoisotopic (exact) mass is 403 g/mol. The molecule has 0 aromatic heterocycles. The molecule has 2 aromatic rings. The molecule has 0 bridgehead atoms. The van der Waals surface area contributed by atoms with Crippen molar-refractivity contribution in [3.63, 3.8) is 0 Å². The smallest absolute Gasteiger partial charge is 0.211 e. The number of halogens is 2. The lowest BCUT2D eigenvalue weighted by Gasteiger charge is -2.46. The molecule has 0 saturated carbocycles. The third kappa shape index (κ3) is 1.94. The highest BCUT2D eigenvalue weighted by atomic mass is 79.9. The van der Waals surface area contributed by atoms with Gasteiger partial charge in [0.25, 0.3) is 0 Å². The summed E-state index contributed by atoms with van der Waals surface area (Å²) in [6, 6.07) is 10.4. The van der Waals surface area contributed by atoms with E-state index in [2.05, 4.69) is 79.0 Å². The summed E-state index contributed by atoms with van der Waals surface area (Å²) in [6.45, 7) is 6.62. The Balaban J connectivity index is 1.92. The maximum atomic E-state index is 6.65. The van der Waals surface area contributed by atoms with Crippen LogP contribution in [0.15, 0.2) is 40.9 Å². The molecule has 0 radical (unpaired) electrons. The summed E-state index contributed by atoms with van der Waals surface area (Å²) >= 11 is 9.78. The number of likely N-dealkylation sites (N-methyl/N-ethyl adjacent to an activating group) is 1. The zero-order valence-corrected chi connectivity index (χ0v) is 16.5. The molecular formula is C20H19BrClNO. The van der Waals surface area contributed by atoms with Gasteiger partial charge in [-0.2, -0.15) is 0 Å². The topological polar surface area (TPSA) is 12.5 Å². The number of hydrogen-bond donors (Lipinski definition) is 0. The molecule has 0 unspecified atom stereocenters. The highest BCUT2D eigenvalue weighted by Gasteiger charge is 2.57. The summed E-state index contributed by atoms with van der Waals surface area (Å²) in [5.41, 5.74) is 4.02. The van der Waals surface area contributed by atoms with E-state index in [0.29, 0.717) is 5.02 Å². The maximum absolute atomic E-state index is 6.65. The molecule has 124 valence electrons. The number of fused-ring (bicyclic) bond motifs is 2.